The second-order valence-electron chi connectivity index (χ2n) is 12.3. The van der Waals surface area contributed by atoms with Crippen LogP contribution in [0.5, 0.6) is 0 Å². The Hall–Kier alpha value is -6.58. The summed E-state index contributed by atoms with van der Waals surface area (Å²) < 4.78 is 2.30. The zero-order valence-corrected chi connectivity index (χ0v) is 26.7. The lowest BCUT2D eigenvalue weighted by Gasteiger charge is -2.11. The summed E-state index contributed by atoms with van der Waals surface area (Å²) in [4.78, 5) is 10.2. The predicted molar refractivity (Wildman–Crippen MR) is 204 cm³/mol. The van der Waals surface area contributed by atoms with Gasteiger partial charge in [0, 0.05) is 39.5 Å². The molecule has 0 saturated carbocycles. The molecule has 49 heavy (non-hydrogen) atoms. The van der Waals surface area contributed by atoms with Crippen LogP contribution < -0.4 is 0 Å². The molecule has 3 heteroatoms. The molecule has 0 saturated heterocycles. The molecule has 0 atom stereocenters. The smallest absolute Gasteiger partial charge is 0.160 e. The van der Waals surface area contributed by atoms with Gasteiger partial charge in [-0.15, -0.1) is 0 Å². The van der Waals surface area contributed by atoms with E-state index in [2.05, 4.69) is 168 Å². The van der Waals surface area contributed by atoms with Crippen LogP contribution >= 0.6 is 0 Å². The Morgan fingerprint density at radius 3 is 1.71 bits per heavy atom. The van der Waals surface area contributed by atoms with Gasteiger partial charge in [-0.05, 0) is 57.8 Å². The second-order valence-corrected chi connectivity index (χ2v) is 12.3. The summed E-state index contributed by atoms with van der Waals surface area (Å²) in [5.41, 5.74) is 11.9. The summed E-state index contributed by atoms with van der Waals surface area (Å²) in [5.74, 6) is 0.706. The van der Waals surface area contributed by atoms with E-state index in [1.165, 1.54) is 38.4 Å². The van der Waals surface area contributed by atoms with Crippen LogP contribution in [0.25, 0.3) is 83.5 Å². The Labute approximate surface area is 285 Å². The van der Waals surface area contributed by atoms with E-state index in [9.17, 15) is 0 Å². The summed E-state index contributed by atoms with van der Waals surface area (Å²) in [5, 5.41) is 3.71. The minimum Gasteiger partial charge on any atom is -0.316 e. The number of nitrogens with zero attached hydrogens (tertiary/aromatic N) is 3. The van der Waals surface area contributed by atoms with Crippen LogP contribution in [-0.4, -0.2) is 14.5 Å². The number of benzene rings is 7. The lowest BCUT2D eigenvalue weighted by molar-refractivity contribution is 1.13. The van der Waals surface area contributed by atoms with Crippen LogP contribution in [-0.2, 0) is 0 Å². The van der Waals surface area contributed by atoms with E-state index in [1.54, 1.807) is 0 Å². The van der Waals surface area contributed by atoms with Gasteiger partial charge in [-0.25, -0.2) is 9.97 Å². The molecule has 0 fully saturated rings. The van der Waals surface area contributed by atoms with E-state index >= 15 is 0 Å². The molecule has 0 radical (unpaired) electrons. The number of fused-ring (bicyclic) bond motifs is 3. The molecule has 9 aromatic rings. The van der Waals surface area contributed by atoms with Crippen molar-refractivity contribution in [1.82, 2.24) is 14.5 Å². The first kappa shape index (κ1) is 28.6. The molecule has 0 bridgehead atoms. The maximum absolute atomic E-state index is 5.15. The molecule has 3 nitrogen and oxygen atoms in total. The van der Waals surface area contributed by atoms with Crippen molar-refractivity contribution in [1.29, 1.82) is 0 Å². The third kappa shape index (κ3) is 5.38. The summed E-state index contributed by atoms with van der Waals surface area (Å²) in [7, 11) is 0. The number of hydrogen-bond acceptors (Lipinski definition) is 2. The van der Waals surface area contributed by atoms with Crippen molar-refractivity contribution in [2.24, 2.45) is 0 Å². The summed E-state index contributed by atoms with van der Waals surface area (Å²) in [6, 6.07) is 63.9. The van der Waals surface area contributed by atoms with Gasteiger partial charge in [-0.3, -0.25) is 0 Å². The van der Waals surface area contributed by atoms with Gasteiger partial charge in [0.2, 0.25) is 0 Å². The van der Waals surface area contributed by atoms with Crippen LogP contribution in [0.2, 0.25) is 0 Å². The third-order valence-corrected chi connectivity index (χ3v) is 9.24. The van der Waals surface area contributed by atoms with E-state index in [1.807, 2.05) is 24.3 Å². The Balaban J connectivity index is 1.20. The average molecular weight is 626 g/mol. The molecule has 0 unspecified atom stereocenters. The summed E-state index contributed by atoms with van der Waals surface area (Å²) in [6.07, 6.45) is 2.28. The van der Waals surface area contributed by atoms with Crippen molar-refractivity contribution in [2.45, 2.75) is 0 Å². The first-order chi connectivity index (χ1) is 24.3. The van der Waals surface area contributed by atoms with E-state index in [0.717, 1.165) is 39.3 Å². The van der Waals surface area contributed by atoms with E-state index in [-0.39, 0.29) is 0 Å². The molecule has 0 aliphatic carbocycles. The van der Waals surface area contributed by atoms with Crippen LogP contribution in [0, 0.1) is 0 Å². The molecule has 2 aromatic heterocycles. The summed E-state index contributed by atoms with van der Waals surface area (Å²) in [6.45, 7) is 0. The zero-order chi connectivity index (χ0) is 32.6. The molecule has 0 spiro atoms. The highest BCUT2D eigenvalue weighted by Crippen LogP contribution is 2.39. The predicted octanol–water partition coefficient (Wildman–Crippen LogP) is 11.9. The first-order valence-electron chi connectivity index (χ1n) is 16.6. The Kier molecular flexibility index (Phi) is 7.14. The summed E-state index contributed by atoms with van der Waals surface area (Å²) >= 11 is 0. The second kappa shape index (κ2) is 12.2. The van der Waals surface area contributed by atoms with Gasteiger partial charge in [-0.1, -0.05) is 152 Å². The van der Waals surface area contributed by atoms with Gasteiger partial charge in [0.1, 0.15) is 0 Å². The quantitative estimate of drug-likeness (QED) is 0.184. The number of hydrogen-bond donors (Lipinski definition) is 0. The van der Waals surface area contributed by atoms with Crippen LogP contribution in [0.3, 0.4) is 0 Å². The molecule has 0 amide bonds. The molecule has 9 rings (SSSR count). The van der Waals surface area contributed by atoms with Crippen molar-refractivity contribution in [3.63, 3.8) is 0 Å². The Morgan fingerprint density at radius 2 is 0.959 bits per heavy atom. The Bertz CT molecular complexity index is 2570. The van der Waals surface area contributed by atoms with Crippen molar-refractivity contribution < 1.29 is 0 Å². The van der Waals surface area contributed by atoms with Gasteiger partial charge in [0.15, 0.2) is 5.82 Å². The highest BCUT2D eigenvalue weighted by Gasteiger charge is 2.17. The highest BCUT2D eigenvalue weighted by atomic mass is 15.0. The fourth-order valence-corrected chi connectivity index (χ4v) is 6.80. The first-order valence-corrected chi connectivity index (χ1v) is 16.6. The third-order valence-electron chi connectivity index (χ3n) is 9.24. The molecule has 0 aliphatic heterocycles. The highest BCUT2D eigenvalue weighted by molar-refractivity contribution is 6.14. The topological polar surface area (TPSA) is 30.7 Å². The molecule has 2 heterocycles. The van der Waals surface area contributed by atoms with Crippen LogP contribution in [0.1, 0.15) is 0 Å². The van der Waals surface area contributed by atoms with Gasteiger partial charge < -0.3 is 4.57 Å². The van der Waals surface area contributed by atoms with Crippen molar-refractivity contribution in [3.05, 3.63) is 188 Å². The number of aromatic nitrogens is 3. The molecular weight excluding hydrogens is 595 g/mol. The Morgan fingerprint density at radius 1 is 0.388 bits per heavy atom. The average Bonchev–Trinajstić information content (AvgIpc) is 3.59. The van der Waals surface area contributed by atoms with Crippen LogP contribution in [0.4, 0.5) is 0 Å². The van der Waals surface area contributed by atoms with E-state index < -0.39 is 0 Å². The minimum atomic E-state index is 0.706. The van der Waals surface area contributed by atoms with Gasteiger partial charge in [0.25, 0.3) is 0 Å². The van der Waals surface area contributed by atoms with Crippen molar-refractivity contribution in [2.75, 3.05) is 0 Å². The molecular formula is C46H31N3. The largest absolute Gasteiger partial charge is 0.316 e. The molecule has 0 N–H and O–H groups in total. The molecule has 0 aliphatic rings. The zero-order valence-electron chi connectivity index (χ0n) is 26.7. The molecule has 230 valence electrons. The lowest BCUT2D eigenvalue weighted by Crippen LogP contribution is -1.96. The SMILES string of the molecule is c1ccc(-c2ccc(-c3cc(-c4cccc(-c5cn(-c6ccccc6)c6ccc7ccccc7c56)c4)nc(-c4ccccc4)n3)cc2)cc1. The minimum absolute atomic E-state index is 0.706. The number of para-hydroxylation sites is 1. The van der Waals surface area contributed by atoms with Gasteiger partial charge in [-0.2, -0.15) is 0 Å². The monoisotopic (exact) mass is 625 g/mol. The normalized spacial score (nSPS) is 11.3. The van der Waals surface area contributed by atoms with Crippen LogP contribution in [0.15, 0.2) is 188 Å². The standard InChI is InChI=1S/C46H31N3/c1-4-13-32(14-5-1)33-23-25-35(26-24-33)42-30-43(48-46(47-42)36-16-6-2-7-17-36)38-19-12-18-37(29-38)41-31-49(39-20-8-3-9-21-39)44-28-27-34-15-10-11-22-40(34)45(41)44/h1-31H. The number of rotatable bonds is 6. The van der Waals surface area contributed by atoms with E-state index in [4.69, 9.17) is 9.97 Å². The maximum atomic E-state index is 5.15. The van der Waals surface area contributed by atoms with Gasteiger partial charge in [0.05, 0.1) is 16.9 Å². The molecule has 7 aromatic carbocycles. The van der Waals surface area contributed by atoms with Crippen molar-refractivity contribution in [3.8, 4) is 61.8 Å². The van der Waals surface area contributed by atoms with E-state index in [0.29, 0.717) is 5.82 Å². The fourth-order valence-electron chi connectivity index (χ4n) is 6.80. The van der Waals surface area contributed by atoms with Gasteiger partial charge >= 0.3 is 0 Å². The van der Waals surface area contributed by atoms with Crippen molar-refractivity contribution >= 4 is 21.7 Å². The fraction of sp³-hybridized carbons (Fsp3) is 0. The maximum Gasteiger partial charge on any atom is 0.160 e. The lowest BCUT2D eigenvalue weighted by atomic mass is 9.97.